The summed E-state index contributed by atoms with van der Waals surface area (Å²) in [6, 6.07) is -0.905. The van der Waals surface area contributed by atoms with Crippen LogP contribution in [0.5, 0.6) is 0 Å². The van der Waals surface area contributed by atoms with Gasteiger partial charge in [0.2, 0.25) is 0 Å². The van der Waals surface area contributed by atoms with Crippen LogP contribution in [0.2, 0.25) is 0 Å². The summed E-state index contributed by atoms with van der Waals surface area (Å²) in [6.07, 6.45) is 6.00. The molecule has 1 aliphatic carbocycles. The van der Waals surface area contributed by atoms with Crippen LogP contribution in [-0.4, -0.2) is 81.4 Å². The van der Waals surface area contributed by atoms with Crippen molar-refractivity contribution in [3.8, 4) is 0 Å². The third kappa shape index (κ3) is 8.92. The first-order chi connectivity index (χ1) is 13.5. The third-order valence-corrected chi connectivity index (χ3v) is 6.96. The Kier molecular flexibility index (Phi) is 11.0. The van der Waals surface area contributed by atoms with Crippen molar-refractivity contribution in [2.45, 2.75) is 63.8 Å². The molecule has 8 nitrogen and oxygen atoms in total. The van der Waals surface area contributed by atoms with Gasteiger partial charge < -0.3 is 20.6 Å². The van der Waals surface area contributed by atoms with Crippen LogP contribution >= 0.6 is 11.8 Å². The van der Waals surface area contributed by atoms with Gasteiger partial charge in [0.25, 0.3) is 5.97 Å². The van der Waals surface area contributed by atoms with Gasteiger partial charge in [-0.05, 0) is 63.2 Å². The molecule has 0 aromatic rings. The Morgan fingerprint density at radius 2 is 1.72 bits per heavy atom. The van der Waals surface area contributed by atoms with E-state index in [0.29, 0.717) is 29.4 Å². The molecule has 0 aromatic carbocycles. The molecular formula is C20H36N2O6S. The molecule has 0 amide bonds. The topological polar surface area (TPSA) is 127 Å². The minimum Gasteiger partial charge on any atom is -0.481 e. The van der Waals surface area contributed by atoms with Crippen molar-refractivity contribution in [3.63, 3.8) is 0 Å². The lowest BCUT2D eigenvalue weighted by molar-refractivity contribution is -0.143. The van der Waals surface area contributed by atoms with E-state index in [1.54, 1.807) is 18.7 Å². The number of hydrogen-bond acceptors (Lipinski definition) is 6. The average molecular weight is 433 g/mol. The fourth-order valence-electron chi connectivity index (χ4n) is 4.30. The van der Waals surface area contributed by atoms with Gasteiger partial charge in [0.05, 0.1) is 0 Å². The summed E-state index contributed by atoms with van der Waals surface area (Å²) in [7, 11) is 0. The molecule has 1 saturated carbocycles. The molecule has 1 aliphatic heterocycles. The van der Waals surface area contributed by atoms with E-state index in [-0.39, 0.29) is 0 Å². The number of rotatable bonds is 8. The summed E-state index contributed by atoms with van der Waals surface area (Å²) < 4.78 is 0. The molecule has 0 radical (unpaired) electrons. The highest BCUT2D eigenvalue weighted by Gasteiger charge is 2.38. The number of nitrogens with zero attached hydrogens (tertiary/aromatic N) is 1. The van der Waals surface area contributed by atoms with E-state index in [2.05, 4.69) is 23.4 Å². The molecule has 4 N–H and O–H groups in total. The molecule has 1 heterocycles. The summed E-state index contributed by atoms with van der Waals surface area (Å²) >= 11 is 1.76. The second-order valence-corrected chi connectivity index (χ2v) is 9.54. The third-order valence-electron chi connectivity index (χ3n) is 6.00. The SMILES string of the molecule is CC(=O)O.CSC(C)CN(CC1CCC2CN[C@H](C(=O)O)CC2C1)C(C)C(=O)O. The number of carboxylic acids is 3. The number of piperidine rings is 1. The Morgan fingerprint density at radius 1 is 1.10 bits per heavy atom. The predicted octanol–water partition coefficient (Wildman–Crippen LogP) is 2.08. The van der Waals surface area contributed by atoms with Crippen molar-refractivity contribution in [2.75, 3.05) is 25.9 Å². The van der Waals surface area contributed by atoms with E-state index < -0.39 is 30.0 Å². The standard InChI is InChI=1S/C18H32N2O4S.C2H4O2/c1-11(25-3)9-20(12(2)17(21)22)10-13-4-5-14-8-19-16(18(23)24)7-15(14)6-13;1-2(3)4/h11-16,19H,4-10H2,1-3H3,(H,21,22)(H,23,24);1H3,(H,3,4)/t11?,12?,13?,14?,15?,16-;/m0./s1. The second-order valence-electron chi connectivity index (χ2n) is 8.27. The van der Waals surface area contributed by atoms with Gasteiger partial charge in [-0.2, -0.15) is 11.8 Å². The lowest BCUT2D eigenvalue weighted by atomic mass is 9.69. The number of aliphatic carboxylic acids is 3. The molecule has 0 bridgehead atoms. The van der Waals surface area contributed by atoms with Gasteiger partial charge in [0.15, 0.2) is 0 Å². The molecule has 0 aromatic heterocycles. The Hall–Kier alpha value is -1.32. The lowest BCUT2D eigenvalue weighted by Gasteiger charge is -2.43. The molecular weight excluding hydrogens is 396 g/mol. The molecule has 0 spiro atoms. The Balaban J connectivity index is 0.000000960. The molecule has 6 atom stereocenters. The highest BCUT2D eigenvalue weighted by atomic mass is 32.2. The predicted molar refractivity (Wildman–Crippen MR) is 113 cm³/mol. The van der Waals surface area contributed by atoms with Crippen molar-refractivity contribution in [1.29, 1.82) is 0 Å². The normalized spacial score (nSPS) is 28.4. The lowest BCUT2D eigenvalue weighted by Crippen LogP contribution is -2.51. The molecule has 1 saturated heterocycles. The van der Waals surface area contributed by atoms with Crippen LogP contribution in [0.1, 0.15) is 46.5 Å². The molecule has 2 aliphatic rings. The fourth-order valence-corrected chi connectivity index (χ4v) is 4.64. The fraction of sp³-hybridized carbons (Fsp3) is 0.850. The molecule has 9 heteroatoms. The highest BCUT2D eigenvalue weighted by molar-refractivity contribution is 7.99. The monoisotopic (exact) mass is 432 g/mol. The maximum Gasteiger partial charge on any atom is 0.320 e. The summed E-state index contributed by atoms with van der Waals surface area (Å²) in [5, 5.41) is 29.7. The van der Waals surface area contributed by atoms with E-state index in [9.17, 15) is 19.8 Å². The van der Waals surface area contributed by atoms with Crippen LogP contribution in [0.15, 0.2) is 0 Å². The zero-order chi connectivity index (χ0) is 22.1. The first-order valence-electron chi connectivity index (χ1n) is 10.2. The van der Waals surface area contributed by atoms with Crippen molar-refractivity contribution >= 4 is 29.7 Å². The Morgan fingerprint density at radius 3 is 2.24 bits per heavy atom. The van der Waals surface area contributed by atoms with E-state index in [1.165, 1.54) is 0 Å². The maximum atomic E-state index is 11.5. The van der Waals surface area contributed by atoms with Crippen molar-refractivity contribution in [2.24, 2.45) is 17.8 Å². The highest BCUT2D eigenvalue weighted by Crippen LogP contribution is 2.39. The van der Waals surface area contributed by atoms with Crippen molar-refractivity contribution < 1.29 is 29.7 Å². The molecule has 2 rings (SSSR count). The zero-order valence-electron chi connectivity index (χ0n) is 17.8. The number of thioether (sulfide) groups is 1. The van der Waals surface area contributed by atoms with Crippen molar-refractivity contribution in [1.82, 2.24) is 10.2 Å². The minimum atomic E-state index is -0.833. The zero-order valence-corrected chi connectivity index (χ0v) is 18.7. The van der Waals surface area contributed by atoms with E-state index in [0.717, 1.165) is 45.8 Å². The minimum absolute atomic E-state index is 0.397. The summed E-state index contributed by atoms with van der Waals surface area (Å²) in [4.78, 5) is 33.8. The molecule has 29 heavy (non-hydrogen) atoms. The van der Waals surface area contributed by atoms with Gasteiger partial charge >= 0.3 is 11.9 Å². The van der Waals surface area contributed by atoms with Gasteiger partial charge in [0.1, 0.15) is 12.1 Å². The number of carbonyl (C=O) groups is 3. The van der Waals surface area contributed by atoms with Crippen LogP contribution in [0.3, 0.4) is 0 Å². The second kappa shape index (κ2) is 12.4. The van der Waals surface area contributed by atoms with Crippen LogP contribution in [0, 0.1) is 17.8 Å². The Bertz CT molecular complexity index is 557. The van der Waals surface area contributed by atoms with E-state index in [1.807, 2.05) is 0 Å². The number of nitrogens with one attached hydrogen (secondary N) is 1. The summed E-state index contributed by atoms with van der Waals surface area (Å²) in [6.45, 7) is 7.36. The first-order valence-corrected chi connectivity index (χ1v) is 11.5. The van der Waals surface area contributed by atoms with Crippen LogP contribution < -0.4 is 5.32 Å². The van der Waals surface area contributed by atoms with Gasteiger partial charge in [-0.15, -0.1) is 0 Å². The number of hydrogen-bond donors (Lipinski definition) is 4. The summed E-state index contributed by atoms with van der Waals surface area (Å²) in [5.74, 6) is -0.877. The molecule has 2 fully saturated rings. The summed E-state index contributed by atoms with van der Waals surface area (Å²) in [5.41, 5.74) is 0. The van der Waals surface area contributed by atoms with Gasteiger partial charge in [-0.1, -0.05) is 6.92 Å². The molecule has 5 unspecified atom stereocenters. The smallest absolute Gasteiger partial charge is 0.320 e. The van der Waals surface area contributed by atoms with Gasteiger partial charge in [-0.3, -0.25) is 19.3 Å². The van der Waals surface area contributed by atoms with Crippen molar-refractivity contribution in [3.05, 3.63) is 0 Å². The van der Waals surface area contributed by atoms with Gasteiger partial charge in [0, 0.05) is 25.3 Å². The van der Waals surface area contributed by atoms with Crippen LogP contribution in [0.25, 0.3) is 0 Å². The van der Waals surface area contributed by atoms with Crippen LogP contribution in [0.4, 0.5) is 0 Å². The molecule has 168 valence electrons. The van der Waals surface area contributed by atoms with E-state index >= 15 is 0 Å². The van der Waals surface area contributed by atoms with E-state index in [4.69, 9.17) is 9.90 Å². The first kappa shape index (κ1) is 25.7. The van der Waals surface area contributed by atoms with Crippen LogP contribution in [-0.2, 0) is 14.4 Å². The van der Waals surface area contributed by atoms with Gasteiger partial charge in [-0.25, -0.2) is 0 Å². The Labute approximate surface area is 177 Å². The number of fused-ring (bicyclic) bond motifs is 1. The largest absolute Gasteiger partial charge is 0.481 e. The number of carboxylic acid groups (broad SMARTS) is 3. The average Bonchev–Trinajstić information content (AvgIpc) is 2.65. The quantitative estimate of drug-likeness (QED) is 0.456. The maximum absolute atomic E-state index is 11.5.